The smallest absolute Gasteiger partial charge is 0.272 e. The maximum Gasteiger partial charge on any atom is 0.272 e. The first-order valence-corrected chi connectivity index (χ1v) is 8.02. The van der Waals surface area contributed by atoms with Crippen LogP contribution in [0.4, 0.5) is 0 Å². The highest BCUT2D eigenvalue weighted by atomic mass is 16.3. The summed E-state index contributed by atoms with van der Waals surface area (Å²) >= 11 is 0. The van der Waals surface area contributed by atoms with E-state index in [1.54, 1.807) is 0 Å². The van der Waals surface area contributed by atoms with Gasteiger partial charge in [-0.15, -0.1) is 0 Å². The van der Waals surface area contributed by atoms with Crippen LogP contribution in [0.25, 0.3) is 11.6 Å². The Morgan fingerprint density at radius 2 is 1.88 bits per heavy atom. The maximum absolute atomic E-state index is 12.3. The Morgan fingerprint density at radius 1 is 1.08 bits per heavy atom. The highest BCUT2D eigenvalue weighted by Gasteiger charge is 2.20. The van der Waals surface area contributed by atoms with Crippen LogP contribution in [0.2, 0.25) is 0 Å². The van der Waals surface area contributed by atoms with Gasteiger partial charge in [-0.3, -0.25) is 9.59 Å². The Bertz CT molecular complexity index is 695. The molecule has 0 saturated carbocycles. The molecule has 0 unspecified atom stereocenters. The molecule has 3 heterocycles. The molecular formula is C16H19N5O3. The largest absolute Gasteiger partial charge is 0.443 e. The van der Waals surface area contributed by atoms with Crippen LogP contribution in [-0.2, 0) is 4.79 Å². The van der Waals surface area contributed by atoms with Crippen molar-refractivity contribution >= 4 is 11.8 Å². The Kier molecular flexibility index (Phi) is 5.15. The fraction of sp³-hybridized carbons (Fsp3) is 0.438. The van der Waals surface area contributed by atoms with Crippen LogP contribution >= 0.6 is 0 Å². The lowest BCUT2D eigenvalue weighted by Gasteiger charge is -2.26. The second-order valence-electron chi connectivity index (χ2n) is 5.54. The van der Waals surface area contributed by atoms with Crippen molar-refractivity contribution < 1.29 is 14.0 Å². The lowest BCUT2D eigenvalue weighted by molar-refractivity contribution is -0.131. The predicted octanol–water partition coefficient (Wildman–Crippen LogP) is 1.26. The number of hydrogen-bond donors (Lipinski definition) is 1. The molecule has 0 atom stereocenters. The summed E-state index contributed by atoms with van der Waals surface area (Å²) < 4.78 is 5.18. The molecule has 1 aliphatic rings. The molecule has 2 amide bonds. The molecule has 1 fully saturated rings. The fourth-order valence-corrected chi connectivity index (χ4v) is 2.67. The Balaban J connectivity index is 1.57. The summed E-state index contributed by atoms with van der Waals surface area (Å²) in [4.78, 5) is 38.4. The number of rotatable bonds is 5. The highest BCUT2D eigenvalue weighted by molar-refractivity contribution is 5.97. The van der Waals surface area contributed by atoms with Crippen molar-refractivity contribution in [3.63, 3.8) is 0 Å². The van der Waals surface area contributed by atoms with Crippen molar-refractivity contribution in [2.45, 2.75) is 25.7 Å². The van der Waals surface area contributed by atoms with Crippen molar-refractivity contribution in [3.8, 4) is 11.6 Å². The van der Waals surface area contributed by atoms with Crippen LogP contribution in [0.1, 0.15) is 36.2 Å². The average Bonchev–Trinajstić information content (AvgIpc) is 3.17. The van der Waals surface area contributed by atoms with Crippen LogP contribution in [0, 0.1) is 0 Å². The highest BCUT2D eigenvalue weighted by Crippen LogP contribution is 2.17. The van der Waals surface area contributed by atoms with Gasteiger partial charge in [0.1, 0.15) is 6.26 Å². The summed E-state index contributed by atoms with van der Waals surface area (Å²) in [5.41, 5.74) is 0.410. The van der Waals surface area contributed by atoms with Gasteiger partial charge in [0.05, 0.1) is 6.20 Å². The van der Waals surface area contributed by atoms with Gasteiger partial charge < -0.3 is 14.6 Å². The van der Waals surface area contributed by atoms with Crippen LogP contribution in [0.3, 0.4) is 0 Å². The summed E-state index contributed by atoms with van der Waals surface area (Å²) in [7, 11) is 0. The van der Waals surface area contributed by atoms with Crippen molar-refractivity contribution in [1.82, 2.24) is 25.2 Å². The van der Waals surface area contributed by atoms with Crippen LogP contribution in [-0.4, -0.2) is 51.3 Å². The van der Waals surface area contributed by atoms with E-state index in [1.807, 2.05) is 4.90 Å². The molecular weight excluding hydrogens is 310 g/mol. The molecule has 24 heavy (non-hydrogen) atoms. The second-order valence-corrected chi connectivity index (χ2v) is 5.54. The number of piperidine rings is 1. The molecule has 2 aromatic heterocycles. The van der Waals surface area contributed by atoms with Gasteiger partial charge in [0.2, 0.25) is 11.8 Å². The lowest BCUT2D eigenvalue weighted by Crippen LogP contribution is -2.38. The molecule has 0 spiro atoms. The Morgan fingerprint density at radius 3 is 2.62 bits per heavy atom. The molecule has 0 aromatic carbocycles. The molecule has 1 saturated heterocycles. The van der Waals surface area contributed by atoms with Gasteiger partial charge in [-0.25, -0.2) is 15.0 Å². The summed E-state index contributed by atoms with van der Waals surface area (Å²) in [6, 6.07) is 0. The molecule has 0 aliphatic carbocycles. The molecule has 0 radical (unpaired) electrons. The van der Waals surface area contributed by atoms with E-state index in [0.29, 0.717) is 0 Å². The van der Waals surface area contributed by atoms with Crippen molar-refractivity contribution in [1.29, 1.82) is 0 Å². The summed E-state index contributed by atoms with van der Waals surface area (Å²) in [5, 5.41) is 2.71. The number of hydrogen-bond acceptors (Lipinski definition) is 6. The quantitative estimate of drug-likeness (QED) is 0.886. The molecule has 126 valence electrons. The lowest BCUT2D eigenvalue weighted by atomic mass is 10.1. The second kappa shape index (κ2) is 7.67. The van der Waals surface area contributed by atoms with Gasteiger partial charge in [-0.05, 0) is 19.3 Å². The zero-order valence-corrected chi connectivity index (χ0v) is 13.3. The first kappa shape index (κ1) is 16.1. The number of nitrogens with one attached hydrogen (secondary N) is 1. The molecule has 8 nitrogen and oxygen atoms in total. The normalized spacial score (nSPS) is 14.4. The van der Waals surface area contributed by atoms with Gasteiger partial charge in [0, 0.05) is 38.4 Å². The number of oxazole rings is 1. The van der Waals surface area contributed by atoms with E-state index in [9.17, 15) is 9.59 Å². The van der Waals surface area contributed by atoms with E-state index in [1.165, 1.54) is 31.3 Å². The molecule has 3 rings (SSSR count). The zero-order valence-electron chi connectivity index (χ0n) is 13.3. The molecule has 1 N–H and O–H groups in total. The fourth-order valence-electron chi connectivity index (χ4n) is 2.67. The number of aromatic nitrogens is 3. The zero-order chi connectivity index (χ0) is 16.8. The van der Waals surface area contributed by atoms with Gasteiger partial charge in [0.25, 0.3) is 5.91 Å². The summed E-state index contributed by atoms with van der Waals surface area (Å²) in [6.45, 7) is 1.88. The first-order valence-electron chi connectivity index (χ1n) is 8.02. The third kappa shape index (κ3) is 3.76. The minimum Gasteiger partial charge on any atom is -0.443 e. The van der Waals surface area contributed by atoms with E-state index in [-0.39, 0.29) is 36.2 Å². The number of amides is 2. The minimum absolute atomic E-state index is 0.0714. The Labute approximate surface area is 139 Å². The van der Waals surface area contributed by atoms with Gasteiger partial charge in [0.15, 0.2) is 11.4 Å². The molecule has 2 aromatic rings. The van der Waals surface area contributed by atoms with Gasteiger partial charge in [-0.1, -0.05) is 0 Å². The van der Waals surface area contributed by atoms with E-state index < -0.39 is 5.91 Å². The third-order valence-corrected chi connectivity index (χ3v) is 3.88. The maximum atomic E-state index is 12.3. The van der Waals surface area contributed by atoms with Gasteiger partial charge in [-0.2, -0.15) is 0 Å². The molecule has 0 bridgehead atoms. The summed E-state index contributed by atoms with van der Waals surface area (Å²) in [6.07, 6.45) is 9.34. The molecule has 8 heteroatoms. The van der Waals surface area contributed by atoms with Crippen LogP contribution in [0.5, 0.6) is 0 Å². The summed E-state index contributed by atoms with van der Waals surface area (Å²) in [5.74, 6) is -0.0949. The monoisotopic (exact) mass is 329 g/mol. The SMILES string of the molecule is O=C(NCCC(=O)N1CCCCC1)c1nccnc1-c1ncco1. The Hall–Kier alpha value is -2.77. The van der Waals surface area contributed by atoms with E-state index >= 15 is 0 Å². The topological polar surface area (TPSA) is 101 Å². The first-order chi connectivity index (χ1) is 11.8. The van der Waals surface area contributed by atoms with Crippen molar-refractivity contribution in [2.24, 2.45) is 0 Å². The van der Waals surface area contributed by atoms with Crippen LogP contribution < -0.4 is 5.32 Å². The van der Waals surface area contributed by atoms with Crippen molar-refractivity contribution in [2.75, 3.05) is 19.6 Å². The van der Waals surface area contributed by atoms with E-state index in [0.717, 1.165) is 25.9 Å². The number of nitrogens with zero attached hydrogens (tertiary/aromatic N) is 4. The van der Waals surface area contributed by atoms with E-state index in [2.05, 4.69) is 20.3 Å². The van der Waals surface area contributed by atoms with Crippen molar-refractivity contribution in [3.05, 3.63) is 30.5 Å². The van der Waals surface area contributed by atoms with Crippen LogP contribution in [0.15, 0.2) is 29.3 Å². The number of carbonyl (C=O) groups excluding carboxylic acids is 2. The number of carbonyl (C=O) groups is 2. The predicted molar refractivity (Wildman–Crippen MR) is 84.9 cm³/mol. The minimum atomic E-state index is -0.400. The number of likely N-dealkylation sites (tertiary alicyclic amines) is 1. The van der Waals surface area contributed by atoms with Gasteiger partial charge >= 0.3 is 0 Å². The van der Waals surface area contributed by atoms with E-state index in [4.69, 9.17) is 4.42 Å². The standard InChI is InChI=1S/C16H19N5O3/c22-12(21-9-2-1-3-10-21)4-5-19-15(23)13-14(18-7-6-17-13)16-20-8-11-24-16/h6-8,11H,1-5,9-10H2,(H,19,23). The third-order valence-electron chi connectivity index (χ3n) is 3.88. The molecule has 1 aliphatic heterocycles. The average molecular weight is 329 g/mol.